The Kier molecular flexibility index (Phi) is 8.43. The van der Waals surface area contributed by atoms with E-state index in [9.17, 15) is 14.4 Å². The molecule has 3 amide bonds. The maximum Gasteiger partial charge on any atom is 0.250 e. The van der Waals surface area contributed by atoms with Crippen LogP contribution < -0.4 is 10.2 Å². The van der Waals surface area contributed by atoms with Gasteiger partial charge in [-0.2, -0.15) is 0 Å². The largest absolute Gasteiger partial charge is 0.354 e. The molecule has 3 heterocycles. The zero-order chi connectivity index (χ0) is 28.0. The summed E-state index contributed by atoms with van der Waals surface area (Å²) in [5.41, 5.74) is 2.11. The molecule has 40 heavy (non-hydrogen) atoms. The number of piperidine rings is 1. The first-order valence-corrected chi connectivity index (χ1v) is 14.1. The maximum atomic E-state index is 14.0. The number of benzene rings is 2. The van der Waals surface area contributed by atoms with Gasteiger partial charge in [-0.3, -0.25) is 19.4 Å². The van der Waals surface area contributed by atoms with Gasteiger partial charge in [-0.05, 0) is 49.1 Å². The Bertz CT molecular complexity index is 1290. The van der Waals surface area contributed by atoms with E-state index in [1.807, 2.05) is 90.7 Å². The lowest BCUT2D eigenvalue weighted by Crippen LogP contribution is -2.58. The normalized spacial score (nSPS) is 17.2. The van der Waals surface area contributed by atoms with Gasteiger partial charge in [0.05, 0.1) is 12.6 Å². The van der Waals surface area contributed by atoms with Gasteiger partial charge in [0.2, 0.25) is 11.8 Å². The van der Waals surface area contributed by atoms with Gasteiger partial charge in [0.1, 0.15) is 12.1 Å². The summed E-state index contributed by atoms with van der Waals surface area (Å²) in [6.07, 6.45) is 4.14. The Morgan fingerprint density at radius 1 is 0.950 bits per heavy atom. The standard InChI is InChI=1S/C32H37N5O3/c1-2-28(25-11-5-3-6-12-25)30(39)35-21-17-32(18-22-35)31(40)36(24-37(32)27-14-7-4-8-15-27)23-29(38)34-20-16-26-13-9-10-19-33-26/h3-15,19,28H,2,16-18,20-24H2,1H3,(H,34,38). The number of hydrogen-bond acceptors (Lipinski definition) is 5. The number of likely N-dealkylation sites (tertiary alicyclic amines) is 1. The Morgan fingerprint density at radius 3 is 2.27 bits per heavy atom. The summed E-state index contributed by atoms with van der Waals surface area (Å²) in [4.78, 5) is 50.3. The van der Waals surface area contributed by atoms with Crippen molar-refractivity contribution >= 4 is 23.4 Å². The van der Waals surface area contributed by atoms with Gasteiger partial charge < -0.3 is 20.0 Å². The number of carbonyl (C=O) groups is 3. The van der Waals surface area contributed by atoms with Gasteiger partial charge in [-0.25, -0.2) is 0 Å². The minimum Gasteiger partial charge on any atom is -0.354 e. The number of rotatable bonds is 9. The van der Waals surface area contributed by atoms with Crippen LogP contribution in [0.15, 0.2) is 85.1 Å². The molecule has 0 aliphatic carbocycles. The topological polar surface area (TPSA) is 85.8 Å². The van der Waals surface area contributed by atoms with Crippen molar-refractivity contribution in [3.8, 4) is 0 Å². The molecule has 0 saturated carbocycles. The summed E-state index contributed by atoms with van der Waals surface area (Å²) < 4.78 is 0. The van der Waals surface area contributed by atoms with Crippen molar-refractivity contribution in [1.82, 2.24) is 20.1 Å². The molecule has 2 saturated heterocycles. The van der Waals surface area contributed by atoms with Crippen LogP contribution in [0.2, 0.25) is 0 Å². The van der Waals surface area contributed by atoms with Crippen LogP contribution in [-0.2, 0) is 20.8 Å². The van der Waals surface area contributed by atoms with Crippen LogP contribution in [0.4, 0.5) is 5.69 Å². The molecule has 2 fully saturated rings. The first kappa shape index (κ1) is 27.4. The molecule has 1 unspecified atom stereocenters. The monoisotopic (exact) mass is 539 g/mol. The molecule has 2 aliphatic heterocycles. The molecular weight excluding hydrogens is 502 g/mol. The molecule has 0 bridgehead atoms. The molecule has 8 nitrogen and oxygen atoms in total. The molecule has 1 aromatic heterocycles. The fraction of sp³-hybridized carbons (Fsp3) is 0.375. The van der Waals surface area contributed by atoms with Gasteiger partial charge in [0, 0.05) is 43.6 Å². The van der Waals surface area contributed by atoms with Gasteiger partial charge in [-0.1, -0.05) is 61.5 Å². The summed E-state index contributed by atoms with van der Waals surface area (Å²) in [5, 5.41) is 2.94. The number of nitrogens with zero attached hydrogens (tertiary/aromatic N) is 4. The number of para-hydroxylation sites is 1. The molecule has 3 aromatic rings. The average molecular weight is 540 g/mol. The fourth-order valence-electron chi connectivity index (χ4n) is 5.98. The third-order valence-corrected chi connectivity index (χ3v) is 8.16. The zero-order valence-electron chi connectivity index (χ0n) is 23.0. The number of pyridine rings is 1. The van der Waals surface area contributed by atoms with E-state index in [1.54, 1.807) is 11.1 Å². The second-order valence-corrected chi connectivity index (χ2v) is 10.6. The van der Waals surface area contributed by atoms with Crippen molar-refractivity contribution in [3.63, 3.8) is 0 Å². The molecule has 1 N–H and O–H groups in total. The summed E-state index contributed by atoms with van der Waals surface area (Å²) >= 11 is 0. The highest BCUT2D eigenvalue weighted by Crippen LogP contribution is 2.40. The Morgan fingerprint density at radius 2 is 1.62 bits per heavy atom. The van der Waals surface area contributed by atoms with Crippen molar-refractivity contribution in [2.75, 3.05) is 37.7 Å². The van der Waals surface area contributed by atoms with Crippen LogP contribution in [0.3, 0.4) is 0 Å². The van der Waals surface area contributed by atoms with E-state index in [2.05, 4.69) is 15.2 Å². The highest BCUT2D eigenvalue weighted by atomic mass is 16.2. The molecule has 5 rings (SSSR count). The third kappa shape index (κ3) is 5.71. The quantitative estimate of drug-likeness (QED) is 0.449. The van der Waals surface area contributed by atoms with Gasteiger partial charge in [0.25, 0.3) is 5.91 Å². The first-order chi connectivity index (χ1) is 19.5. The van der Waals surface area contributed by atoms with Crippen LogP contribution in [0.25, 0.3) is 0 Å². The fourth-order valence-corrected chi connectivity index (χ4v) is 5.98. The second-order valence-electron chi connectivity index (χ2n) is 10.6. The average Bonchev–Trinajstić information content (AvgIpc) is 3.25. The summed E-state index contributed by atoms with van der Waals surface area (Å²) in [6.45, 7) is 3.84. The van der Waals surface area contributed by atoms with E-state index in [0.717, 1.165) is 23.4 Å². The third-order valence-electron chi connectivity index (χ3n) is 8.16. The van der Waals surface area contributed by atoms with Crippen molar-refractivity contribution in [1.29, 1.82) is 0 Å². The van der Waals surface area contributed by atoms with Crippen molar-refractivity contribution in [2.45, 2.75) is 44.1 Å². The van der Waals surface area contributed by atoms with Gasteiger partial charge >= 0.3 is 0 Å². The molecule has 2 aromatic carbocycles. The first-order valence-electron chi connectivity index (χ1n) is 14.1. The molecule has 2 aliphatic rings. The molecule has 208 valence electrons. The van der Waals surface area contributed by atoms with E-state index in [-0.39, 0.29) is 30.2 Å². The second kappa shape index (κ2) is 12.3. The predicted molar refractivity (Wildman–Crippen MR) is 154 cm³/mol. The number of nitrogens with one attached hydrogen (secondary N) is 1. The number of amides is 3. The van der Waals surface area contributed by atoms with Crippen LogP contribution in [0.1, 0.15) is 43.4 Å². The SMILES string of the molecule is CCC(C(=O)N1CCC2(CC1)C(=O)N(CC(=O)NCCc1ccccn1)CN2c1ccccc1)c1ccccc1. The zero-order valence-corrected chi connectivity index (χ0v) is 23.0. The van der Waals surface area contributed by atoms with Crippen LogP contribution >= 0.6 is 0 Å². The maximum absolute atomic E-state index is 14.0. The van der Waals surface area contributed by atoms with Gasteiger partial charge in [0.15, 0.2) is 0 Å². The number of hydrogen-bond donors (Lipinski definition) is 1. The minimum absolute atomic E-state index is 0.000690. The van der Waals surface area contributed by atoms with E-state index < -0.39 is 5.54 Å². The van der Waals surface area contributed by atoms with Crippen LogP contribution in [0, 0.1) is 0 Å². The lowest BCUT2D eigenvalue weighted by Gasteiger charge is -2.44. The van der Waals surface area contributed by atoms with Gasteiger partial charge in [-0.15, -0.1) is 0 Å². The molecule has 1 spiro atoms. The summed E-state index contributed by atoms with van der Waals surface area (Å²) in [7, 11) is 0. The van der Waals surface area contributed by atoms with E-state index in [4.69, 9.17) is 0 Å². The highest BCUT2D eigenvalue weighted by Gasteiger charge is 2.54. The van der Waals surface area contributed by atoms with Crippen LogP contribution in [0.5, 0.6) is 0 Å². The number of aromatic nitrogens is 1. The van der Waals surface area contributed by atoms with Crippen molar-refractivity contribution in [3.05, 3.63) is 96.3 Å². The molecule has 8 heteroatoms. The Hall–Kier alpha value is -4.20. The van der Waals surface area contributed by atoms with E-state index in [0.29, 0.717) is 45.6 Å². The number of anilines is 1. The van der Waals surface area contributed by atoms with E-state index >= 15 is 0 Å². The Balaban J connectivity index is 1.27. The highest BCUT2D eigenvalue weighted by molar-refractivity contribution is 5.96. The smallest absolute Gasteiger partial charge is 0.250 e. The molecule has 0 radical (unpaired) electrons. The lowest BCUT2D eigenvalue weighted by atomic mass is 9.84. The minimum atomic E-state index is -0.777. The number of carbonyl (C=O) groups excluding carboxylic acids is 3. The molecular formula is C32H37N5O3. The van der Waals surface area contributed by atoms with E-state index in [1.165, 1.54) is 0 Å². The summed E-state index contributed by atoms with van der Waals surface area (Å²) in [6, 6.07) is 25.5. The summed E-state index contributed by atoms with van der Waals surface area (Å²) in [5.74, 6) is -0.301. The molecule has 1 atom stereocenters. The van der Waals surface area contributed by atoms with Crippen molar-refractivity contribution in [2.24, 2.45) is 0 Å². The lowest BCUT2D eigenvalue weighted by molar-refractivity contribution is -0.140. The predicted octanol–water partition coefficient (Wildman–Crippen LogP) is 3.60. The van der Waals surface area contributed by atoms with Crippen LogP contribution in [-0.4, -0.2) is 70.9 Å². The Labute approximate surface area is 236 Å². The van der Waals surface area contributed by atoms with Crippen molar-refractivity contribution < 1.29 is 14.4 Å².